The van der Waals surface area contributed by atoms with Crippen LogP contribution in [0, 0.1) is 0 Å². The fraction of sp³-hybridized carbons (Fsp3) is 0.333. The van der Waals surface area contributed by atoms with Crippen molar-refractivity contribution in [2.24, 2.45) is 0 Å². The van der Waals surface area contributed by atoms with E-state index in [1.165, 1.54) is 16.0 Å². The molecule has 35 heavy (non-hydrogen) atoms. The SMILES string of the molecule is CC(C)(C)c1ccc(/C=C/C(=O)Nc2sc3c(c2C(=O)NCCc2ccccc2)CCCC3)cc1. The van der Waals surface area contributed by atoms with Gasteiger partial charge in [-0.05, 0) is 65.8 Å². The molecule has 2 N–H and O–H groups in total. The van der Waals surface area contributed by atoms with Gasteiger partial charge in [0.05, 0.1) is 5.56 Å². The second-order valence-electron chi connectivity index (χ2n) is 10.1. The summed E-state index contributed by atoms with van der Waals surface area (Å²) >= 11 is 1.55. The highest BCUT2D eigenvalue weighted by Crippen LogP contribution is 2.38. The van der Waals surface area contributed by atoms with Crippen molar-refractivity contribution in [2.45, 2.75) is 58.3 Å². The molecule has 0 radical (unpaired) electrons. The van der Waals surface area contributed by atoms with Crippen LogP contribution in [0.3, 0.4) is 0 Å². The molecule has 0 saturated carbocycles. The van der Waals surface area contributed by atoms with Crippen LogP contribution in [-0.2, 0) is 29.5 Å². The topological polar surface area (TPSA) is 58.2 Å². The monoisotopic (exact) mass is 486 g/mol. The van der Waals surface area contributed by atoms with E-state index in [1.807, 2.05) is 36.4 Å². The van der Waals surface area contributed by atoms with Crippen LogP contribution in [0.1, 0.15) is 71.1 Å². The molecular weight excluding hydrogens is 452 g/mol. The van der Waals surface area contributed by atoms with Gasteiger partial charge in [-0.2, -0.15) is 0 Å². The Kier molecular flexibility index (Phi) is 7.86. The predicted molar refractivity (Wildman–Crippen MR) is 146 cm³/mol. The Morgan fingerprint density at radius 2 is 1.69 bits per heavy atom. The van der Waals surface area contributed by atoms with Gasteiger partial charge in [-0.15, -0.1) is 11.3 Å². The van der Waals surface area contributed by atoms with Gasteiger partial charge in [-0.3, -0.25) is 9.59 Å². The van der Waals surface area contributed by atoms with Crippen LogP contribution in [0.25, 0.3) is 6.08 Å². The van der Waals surface area contributed by atoms with E-state index in [0.717, 1.165) is 43.2 Å². The Morgan fingerprint density at radius 3 is 2.40 bits per heavy atom. The molecule has 0 atom stereocenters. The molecule has 182 valence electrons. The molecule has 2 aromatic carbocycles. The average molecular weight is 487 g/mol. The summed E-state index contributed by atoms with van der Waals surface area (Å²) in [6, 6.07) is 18.4. The number of hydrogen-bond acceptors (Lipinski definition) is 3. The zero-order chi connectivity index (χ0) is 24.8. The molecule has 1 aliphatic carbocycles. The van der Waals surface area contributed by atoms with E-state index in [-0.39, 0.29) is 17.2 Å². The predicted octanol–water partition coefficient (Wildman–Crippen LogP) is 6.55. The summed E-state index contributed by atoms with van der Waals surface area (Å²) in [7, 11) is 0. The first-order chi connectivity index (χ1) is 16.8. The van der Waals surface area contributed by atoms with E-state index in [9.17, 15) is 9.59 Å². The van der Waals surface area contributed by atoms with Crippen LogP contribution >= 0.6 is 11.3 Å². The number of benzene rings is 2. The van der Waals surface area contributed by atoms with Crippen molar-refractivity contribution in [1.82, 2.24) is 5.32 Å². The van der Waals surface area contributed by atoms with Gasteiger partial charge in [0, 0.05) is 17.5 Å². The molecule has 2 amide bonds. The highest BCUT2D eigenvalue weighted by Gasteiger charge is 2.26. The number of fused-ring (bicyclic) bond motifs is 1. The highest BCUT2D eigenvalue weighted by atomic mass is 32.1. The fourth-order valence-corrected chi connectivity index (χ4v) is 5.66. The van der Waals surface area contributed by atoms with Gasteiger partial charge < -0.3 is 10.6 Å². The largest absolute Gasteiger partial charge is 0.352 e. The molecule has 1 aromatic heterocycles. The maximum atomic E-state index is 13.2. The average Bonchev–Trinajstić information content (AvgIpc) is 3.21. The number of thiophene rings is 1. The van der Waals surface area contributed by atoms with E-state index >= 15 is 0 Å². The molecule has 4 nitrogen and oxygen atoms in total. The minimum absolute atomic E-state index is 0.0932. The highest BCUT2D eigenvalue weighted by molar-refractivity contribution is 7.17. The number of rotatable bonds is 7. The van der Waals surface area contributed by atoms with Crippen molar-refractivity contribution in [3.05, 3.63) is 93.4 Å². The second kappa shape index (κ2) is 11.0. The number of amides is 2. The number of carbonyl (C=O) groups excluding carboxylic acids is 2. The molecule has 0 aliphatic heterocycles. The smallest absolute Gasteiger partial charge is 0.254 e. The fourth-order valence-electron chi connectivity index (χ4n) is 4.37. The maximum Gasteiger partial charge on any atom is 0.254 e. The normalized spacial score (nSPS) is 13.5. The van der Waals surface area contributed by atoms with Gasteiger partial charge in [0.1, 0.15) is 5.00 Å². The lowest BCUT2D eigenvalue weighted by atomic mass is 9.87. The Balaban J connectivity index is 1.45. The molecule has 3 aromatic rings. The van der Waals surface area contributed by atoms with E-state index in [1.54, 1.807) is 17.4 Å². The molecule has 1 heterocycles. The van der Waals surface area contributed by atoms with Gasteiger partial charge in [-0.25, -0.2) is 0 Å². The first-order valence-electron chi connectivity index (χ1n) is 12.4. The first kappa shape index (κ1) is 24.9. The zero-order valence-corrected chi connectivity index (χ0v) is 21.6. The minimum Gasteiger partial charge on any atom is -0.352 e. The quantitative estimate of drug-likeness (QED) is 0.372. The summed E-state index contributed by atoms with van der Waals surface area (Å²) < 4.78 is 0. The van der Waals surface area contributed by atoms with Crippen LogP contribution in [0.2, 0.25) is 0 Å². The summed E-state index contributed by atoms with van der Waals surface area (Å²) in [5.41, 5.74) is 5.26. The van der Waals surface area contributed by atoms with Crippen molar-refractivity contribution in [1.29, 1.82) is 0 Å². The molecule has 0 fully saturated rings. The Labute approximate surface area is 212 Å². The van der Waals surface area contributed by atoms with Crippen LogP contribution < -0.4 is 10.6 Å². The molecule has 0 bridgehead atoms. The third-order valence-corrected chi connectivity index (χ3v) is 7.59. The third-order valence-electron chi connectivity index (χ3n) is 6.38. The number of nitrogens with one attached hydrogen (secondary N) is 2. The summed E-state index contributed by atoms with van der Waals surface area (Å²) in [5.74, 6) is -0.320. The number of carbonyl (C=O) groups is 2. The van der Waals surface area contributed by atoms with Gasteiger partial charge in [0.2, 0.25) is 5.91 Å². The van der Waals surface area contributed by atoms with Crippen molar-refractivity contribution >= 4 is 34.2 Å². The Bertz CT molecular complexity index is 1200. The van der Waals surface area contributed by atoms with Gasteiger partial charge in [-0.1, -0.05) is 75.4 Å². The van der Waals surface area contributed by atoms with Crippen LogP contribution in [0.5, 0.6) is 0 Å². The number of hydrogen-bond donors (Lipinski definition) is 2. The lowest BCUT2D eigenvalue weighted by molar-refractivity contribution is -0.111. The van der Waals surface area contributed by atoms with E-state index in [4.69, 9.17) is 0 Å². The number of aryl methyl sites for hydroxylation is 1. The lowest BCUT2D eigenvalue weighted by Crippen LogP contribution is -2.27. The standard InChI is InChI=1S/C30H34N2O2S/c1-30(2,3)23-16-13-22(14-17-23)15-18-26(33)32-29-27(24-11-7-8-12-25(24)35-29)28(34)31-20-19-21-9-5-4-6-10-21/h4-6,9-10,13-18H,7-8,11-12,19-20H2,1-3H3,(H,31,34)(H,32,33)/b18-15+. The second-order valence-corrected chi connectivity index (χ2v) is 11.2. The van der Waals surface area contributed by atoms with Gasteiger partial charge in [0.15, 0.2) is 0 Å². The molecule has 5 heteroatoms. The van der Waals surface area contributed by atoms with Crippen LogP contribution in [0.4, 0.5) is 5.00 Å². The van der Waals surface area contributed by atoms with Crippen molar-refractivity contribution in [3.8, 4) is 0 Å². The first-order valence-corrected chi connectivity index (χ1v) is 13.2. The molecule has 0 saturated heterocycles. The van der Waals surface area contributed by atoms with Crippen molar-refractivity contribution in [2.75, 3.05) is 11.9 Å². The molecular formula is C30H34N2O2S. The minimum atomic E-state index is -0.221. The van der Waals surface area contributed by atoms with Gasteiger partial charge in [0.25, 0.3) is 5.91 Å². The van der Waals surface area contributed by atoms with E-state index < -0.39 is 0 Å². The van der Waals surface area contributed by atoms with E-state index in [0.29, 0.717) is 17.1 Å². The van der Waals surface area contributed by atoms with Crippen LogP contribution in [-0.4, -0.2) is 18.4 Å². The molecule has 1 aliphatic rings. The molecule has 4 rings (SSSR count). The summed E-state index contributed by atoms with van der Waals surface area (Å²) in [5, 5.41) is 6.72. The molecule has 0 spiro atoms. The van der Waals surface area contributed by atoms with Crippen molar-refractivity contribution in [3.63, 3.8) is 0 Å². The summed E-state index contributed by atoms with van der Waals surface area (Å²) in [6.07, 6.45) is 8.19. The summed E-state index contributed by atoms with van der Waals surface area (Å²) in [6.45, 7) is 7.11. The molecule has 0 unspecified atom stereocenters. The Hall–Kier alpha value is -3.18. The number of anilines is 1. The third kappa shape index (κ3) is 6.49. The Morgan fingerprint density at radius 1 is 0.971 bits per heavy atom. The maximum absolute atomic E-state index is 13.2. The zero-order valence-electron chi connectivity index (χ0n) is 20.8. The van der Waals surface area contributed by atoms with Crippen LogP contribution in [0.15, 0.2) is 60.7 Å². The lowest BCUT2D eigenvalue weighted by Gasteiger charge is -2.18. The van der Waals surface area contributed by atoms with Gasteiger partial charge >= 0.3 is 0 Å². The van der Waals surface area contributed by atoms with Crippen molar-refractivity contribution < 1.29 is 9.59 Å². The van der Waals surface area contributed by atoms with E-state index in [2.05, 4.69) is 55.7 Å². The summed E-state index contributed by atoms with van der Waals surface area (Å²) in [4.78, 5) is 27.2.